The summed E-state index contributed by atoms with van der Waals surface area (Å²) < 4.78 is 22.8. The van der Waals surface area contributed by atoms with Gasteiger partial charge in [-0.15, -0.1) is 0 Å². The molecular formula is C9H21NO3S. The first kappa shape index (κ1) is 13.9. The van der Waals surface area contributed by atoms with Crippen LogP contribution in [0.5, 0.6) is 0 Å². The zero-order valence-corrected chi connectivity index (χ0v) is 10.2. The molecule has 0 aliphatic heterocycles. The van der Waals surface area contributed by atoms with E-state index in [0.29, 0.717) is 6.54 Å². The number of hydrogen-bond acceptors (Lipinski definition) is 4. The topological polar surface area (TPSA) is 66.4 Å². The van der Waals surface area contributed by atoms with Gasteiger partial charge in [0.25, 0.3) is 0 Å². The highest BCUT2D eigenvalue weighted by Gasteiger charge is 2.19. The molecule has 0 aliphatic carbocycles. The van der Waals surface area contributed by atoms with Gasteiger partial charge in [-0.1, -0.05) is 0 Å². The van der Waals surface area contributed by atoms with Crippen LogP contribution in [0, 0.1) is 0 Å². The lowest BCUT2D eigenvalue weighted by atomic mass is 10.1. The minimum atomic E-state index is -2.97. The van der Waals surface area contributed by atoms with E-state index < -0.39 is 15.4 Å². The van der Waals surface area contributed by atoms with Crippen molar-refractivity contribution in [1.82, 2.24) is 5.32 Å². The van der Waals surface area contributed by atoms with Gasteiger partial charge in [-0.3, -0.25) is 0 Å². The van der Waals surface area contributed by atoms with Crippen LogP contribution in [0.25, 0.3) is 0 Å². The van der Waals surface area contributed by atoms with Crippen molar-refractivity contribution in [3.63, 3.8) is 0 Å². The van der Waals surface area contributed by atoms with Gasteiger partial charge < -0.3 is 10.4 Å². The standard InChI is InChI=1S/C9H21NO3S/c1-8(2)14(12,13)6-5-10-9(3,4)7-11/h8,10-11H,5-7H2,1-4H3. The number of aliphatic hydroxyl groups excluding tert-OH is 1. The fraction of sp³-hybridized carbons (Fsp3) is 1.00. The second-order valence-corrected chi connectivity index (χ2v) is 7.06. The van der Waals surface area contributed by atoms with Crippen molar-refractivity contribution in [2.24, 2.45) is 0 Å². The van der Waals surface area contributed by atoms with Gasteiger partial charge in [0.1, 0.15) is 0 Å². The minimum absolute atomic E-state index is 0.00523. The van der Waals surface area contributed by atoms with Crippen LogP contribution in [0.1, 0.15) is 27.7 Å². The normalized spacial score (nSPS) is 13.6. The van der Waals surface area contributed by atoms with E-state index in [9.17, 15) is 8.42 Å². The molecule has 5 heteroatoms. The lowest BCUT2D eigenvalue weighted by Crippen LogP contribution is -2.45. The van der Waals surface area contributed by atoms with E-state index in [0.717, 1.165) is 0 Å². The minimum Gasteiger partial charge on any atom is -0.394 e. The van der Waals surface area contributed by atoms with Crippen molar-refractivity contribution in [3.05, 3.63) is 0 Å². The van der Waals surface area contributed by atoms with Crippen LogP contribution >= 0.6 is 0 Å². The maximum atomic E-state index is 11.4. The van der Waals surface area contributed by atoms with E-state index in [-0.39, 0.29) is 17.6 Å². The fourth-order valence-corrected chi connectivity index (χ4v) is 1.68. The lowest BCUT2D eigenvalue weighted by Gasteiger charge is -2.23. The van der Waals surface area contributed by atoms with E-state index in [1.165, 1.54) is 0 Å². The van der Waals surface area contributed by atoms with Crippen LogP contribution in [-0.2, 0) is 9.84 Å². The highest BCUT2D eigenvalue weighted by Crippen LogP contribution is 2.02. The van der Waals surface area contributed by atoms with Crippen molar-refractivity contribution >= 4 is 9.84 Å². The summed E-state index contributed by atoms with van der Waals surface area (Å²) in [6.07, 6.45) is 0. The third kappa shape index (κ3) is 4.93. The number of aliphatic hydroxyl groups is 1. The molecular weight excluding hydrogens is 202 g/mol. The predicted molar refractivity (Wildman–Crippen MR) is 58.1 cm³/mol. The zero-order chi connectivity index (χ0) is 11.4. The Balaban J connectivity index is 3.98. The van der Waals surface area contributed by atoms with Gasteiger partial charge in [-0.25, -0.2) is 8.42 Å². The Hall–Kier alpha value is -0.130. The van der Waals surface area contributed by atoms with Crippen molar-refractivity contribution < 1.29 is 13.5 Å². The number of sulfone groups is 1. The number of nitrogens with one attached hydrogen (secondary N) is 1. The van der Waals surface area contributed by atoms with Gasteiger partial charge in [0, 0.05) is 12.1 Å². The molecule has 0 aromatic rings. The molecule has 0 spiro atoms. The Morgan fingerprint density at radius 3 is 2.21 bits per heavy atom. The van der Waals surface area contributed by atoms with Crippen molar-refractivity contribution in [2.45, 2.75) is 38.5 Å². The van der Waals surface area contributed by atoms with Gasteiger partial charge in [-0.05, 0) is 27.7 Å². The highest BCUT2D eigenvalue weighted by molar-refractivity contribution is 7.92. The third-order valence-corrected chi connectivity index (χ3v) is 4.31. The molecule has 0 bridgehead atoms. The summed E-state index contributed by atoms with van der Waals surface area (Å²) in [4.78, 5) is 0. The van der Waals surface area contributed by atoms with Gasteiger partial charge in [0.05, 0.1) is 17.6 Å². The molecule has 0 radical (unpaired) electrons. The molecule has 0 unspecified atom stereocenters. The smallest absolute Gasteiger partial charge is 0.153 e. The Morgan fingerprint density at radius 1 is 1.36 bits per heavy atom. The van der Waals surface area contributed by atoms with Crippen LogP contribution in [-0.4, -0.2) is 43.2 Å². The summed E-state index contributed by atoms with van der Waals surface area (Å²) in [6, 6.07) is 0. The first-order valence-corrected chi connectivity index (χ1v) is 6.50. The van der Waals surface area contributed by atoms with Crippen LogP contribution < -0.4 is 5.32 Å². The van der Waals surface area contributed by atoms with Gasteiger partial charge in [-0.2, -0.15) is 0 Å². The average Bonchev–Trinajstić information content (AvgIpc) is 2.03. The molecule has 2 N–H and O–H groups in total. The Kier molecular flexibility index (Phi) is 5.05. The summed E-state index contributed by atoms with van der Waals surface area (Å²) in [5, 5.41) is 11.6. The molecule has 4 nitrogen and oxygen atoms in total. The van der Waals surface area contributed by atoms with Gasteiger partial charge in [0.2, 0.25) is 0 Å². The second kappa shape index (κ2) is 5.09. The SMILES string of the molecule is CC(C)S(=O)(=O)CCNC(C)(C)CO. The molecule has 0 aromatic heterocycles. The molecule has 14 heavy (non-hydrogen) atoms. The van der Waals surface area contributed by atoms with Crippen molar-refractivity contribution in [3.8, 4) is 0 Å². The molecule has 0 saturated carbocycles. The van der Waals surface area contributed by atoms with E-state index in [4.69, 9.17) is 5.11 Å². The maximum absolute atomic E-state index is 11.4. The first-order chi connectivity index (χ1) is 6.21. The number of rotatable bonds is 6. The lowest BCUT2D eigenvalue weighted by molar-refractivity contribution is 0.191. The van der Waals surface area contributed by atoms with Gasteiger partial charge >= 0.3 is 0 Å². The molecule has 0 amide bonds. The molecule has 0 saturated heterocycles. The average molecular weight is 223 g/mol. The van der Waals surface area contributed by atoms with Crippen LogP contribution in [0.4, 0.5) is 0 Å². The maximum Gasteiger partial charge on any atom is 0.153 e. The quantitative estimate of drug-likeness (QED) is 0.673. The second-order valence-electron chi connectivity index (χ2n) is 4.38. The monoisotopic (exact) mass is 223 g/mol. The highest BCUT2D eigenvalue weighted by atomic mass is 32.2. The molecule has 0 rings (SSSR count). The fourth-order valence-electron chi connectivity index (χ4n) is 0.823. The Bertz CT molecular complexity index is 257. The summed E-state index contributed by atoms with van der Waals surface area (Å²) in [7, 11) is -2.97. The molecule has 0 atom stereocenters. The molecule has 0 fully saturated rings. The van der Waals surface area contributed by atoms with E-state index >= 15 is 0 Å². The largest absolute Gasteiger partial charge is 0.394 e. The van der Waals surface area contributed by atoms with Gasteiger partial charge in [0.15, 0.2) is 9.84 Å². The predicted octanol–water partition coefficient (Wildman–Crippen LogP) is 0.170. The van der Waals surface area contributed by atoms with Crippen LogP contribution in [0.15, 0.2) is 0 Å². The Morgan fingerprint density at radius 2 is 1.86 bits per heavy atom. The van der Waals surface area contributed by atoms with E-state index in [2.05, 4.69) is 5.32 Å². The summed E-state index contributed by atoms with van der Waals surface area (Å²) >= 11 is 0. The van der Waals surface area contributed by atoms with Crippen LogP contribution in [0.3, 0.4) is 0 Å². The Labute approximate surface area is 86.6 Å². The zero-order valence-electron chi connectivity index (χ0n) is 9.37. The van der Waals surface area contributed by atoms with E-state index in [1.807, 2.05) is 13.8 Å². The number of hydrogen-bond donors (Lipinski definition) is 2. The first-order valence-electron chi connectivity index (χ1n) is 4.79. The summed E-state index contributed by atoms with van der Waals surface area (Å²) in [5.41, 5.74) is -0.410. The van der Waals surface area contributed by atoms with Crippen molar-refractivity contribution in [2.75, 3.05) is 18.9 Å². The molecule has 0 heterocycles. The van der Waals surface area contributed by atoms with Crippen LogP contribution in [0.2, 0.25) is 0 Å². The summed E-state index contributed by atoms with van der Waals surface area (Å²) in [6.45, 7) is 7.38. The molecule has 0 aliphatic rings. The third-order valence-electron chi connectivity index (χ3n) is 2.10. The van der Waals surface area contributed by atoms with Crippen molar-refractivity contribution in [1.29, 1.82) is 0 Å². The molecule has 0 aromatic carbocycles. The molecule has 86 valence electrons. The van der Waals surface area contributed by atoms with E-state index in [1.54, 1.807) is 13.8 Å². The summed E-state index contributed by atoms with van der Waals surface area (Å²) in [5.74, 6) is 0.119.